The molecule has 0 saturated heterocycles. The first-order chi connectivity index (χ1) is 8.81. The van der Waals surface area contributed by atoms with E-state index in [4.69, 9.17) is 11.0 Å². The molecule has 1 rings (SSSR count). The minimum Gasteiger partial charge on any atom is -0.341 e. The van der Waals surface area contributed by atoms with Crippen molar-refractivity contribution in [2.45, 2.75) is 20.4 Å². The number of hydrogen-bond donors (Lipinski definition) is 1. The fraction of sp³-hybridized carbons (Fsp3) is 0.429. The van der Waals surface area contributed by atoms with E-state index in [9.17, 15) is 9.18 Å². The highest BCUT2D eigenvalue weighted by molar-refractivity contribution is 5.82. The van der Waals surface area contributed by atoms with Gasteiger partial charge in [-0.05, 0) is 32.0 Å². The second kappa shape index (κ2) is 5.81. The van der Waals surface area contributed by atoms with E-state index in [0.717, 1.165) is 0 Å². The summed E-state index contributed by atoms with van der Waals surface area (Å²) in [4.78, 5) is 13.5. The maximum absolute atomic E-state index is 13.6. The molecule has 0 aliphatic rings. The molecular formula is C14H18FN3O. The number of benzene rings is 1. The van der Waals surface area contributed by atoms with Gasteiger partial charge in [-0.3, -0.25) is 4.79 Å². The van der Waals surface area contributed by atoms with E-state index in [-0.39, 0.29) is 19.0 Å². The van der Waals surface area contributed by atoms with Gasteiger partial charge in [0.2, 0.25) is 5.91 Å². The molecule has 0 aliphatic heterocycles. The van der Waals surface area contributed by atoms with E-state index in [1.807, 2.05) is 6.07 Å². The minimum atomic E-state index is -0.682. The van der Waals surface area contributed by atoms with Crippen LogP contribution in [0.2, 0.25) is 0 Å². The Bertz CT molecular complexity index is 520. The number of nitriles is 1. The molecule has 1 aromatic rings. The fourth-order valence-corrected chi connectivity index (χ4v) is 1.70. The van der Waals surface area contributed by atoms with Gasteiger partial charge in [-0.2, -0.15) is 5.26 Å². The summed E-state index contributed by atoms with van der Waals surface area (Å²) in [6.07, 6.45) is 0. The average Bonchev–Trinajstić information content (AvgIpc) is 2.40. The maximum atomic E-state index is 13.6. The van der Waals surface area contributed by atoms with Crippen molar-refractivity contribution in [3.63, 3.8) is 0 Å². The highest BCUT2D eigenvalue weighted by Crippen LogP contribution is 2.19. The van der Waals surface area contributed by atoms with Gasteiger partial charge in [-0.1, -0.05) is 0 Å². The molecule has 0 radical (unpaired) electrons. The molecule has 19 heavy (non-hydrogen) atoms. The van der Waals surface area contributed by atoms with Crippen molar-refractivity contribution < 1.29 is 9.18 Å². The van der Waals surface area contributed by atoms with E-state index in [2.05, 4.69) is 0 Å². The van der Waals surface area contributed by atoms with Crippen LogP contribution in [0.15, 0.2) is 18.2 Å². The Labute approximate surface area is 112 Å². The monoisotopic (exact) mass is 263 g/mol. The minimum absolute atomic E-state index is 0.115. The second-order valence-corrected chi connectivity index (χ2v) is 5.17. The van der Waals surface area contributed by atoms with Gasteiger partial charge in [0.1, 0.15) is 5.82 Å². The van der Waals surface area contributed by atoms with Crippen molar-refractivity contribution in [1.82, 2.24) is 4.90 Å². The zero-order chi connectivity index (χ0) is 14.6. The third-order valence-electron chi connectivity index (χ3n) is 3.02. The molecule has 0 saturated carbocycles. The summed E-state index contributed by atoms with van der Waals surface area (Å²) in [5.74, 6) is -0.582. The van der Waals surface area contributed by atoms with Gasteiger partial charge in [-0.15, -0.1) is 0 Å². The van der Waals surface area contributed by atoms with Crippen molar-refractivity contribution in [2.24, 2.45) is 11.1 Å². The van der Waals surface area contributed by atoms with Gasteiger partial charge in [-0.25, -0.2) is 4.39 Å². The Morgan fingerprint density at radius 2 is 2.16 bits per heavy atom. The summed E-state index contributed by atoms with van der Waals surface area (Å²) >= 11 is 0. The first kappa shape index (κ1) is 15.1. The van der Waals surface area contributed by atoms with Crippen LogP contribution in [0, 0.1) is 22.6 Å². The van der Waals surface area contributed by atoms with Gasteiger partial charge < -0.3 is 10.6 Å². The summed E-state index contributed by atoms with van der Waals surface area (Å²) in [5, 5.41) is 8.79. The van der Waals surface area contributed by atoms with Crippen LogP contribution in [-0.4, -0.2) is 24.4 Å². The van der Waals surface area contributed by atoms with E-state index < -0.39 is 11.2 Å². The fourth-order valence-electron chi connectivity index (χ4n) is 1.70. The van der Waals surface area contributed by atoms with E-state index in [0.29, 0.717) is 11.1 Å². The van der Waals surface area contributed by atoms with E-state index in [1.54, 1.807) is 20.9 Å². The van der Waals surface area contributed by atoms with Crippen LogP contribution >= 0.6 is 0 Å². The molecule has 5 heteroatoms. The van der Waals surface area contributed by atoms with Gasteiger partial charge in [0, 0.05) is 25.7 Å². The lowest BCUT2D eigenvalue weighted by Gasteiger charge is -2.28. The molecule has 0 heterocycles. The largest absolute Gasteiger partial charge is 0.341 e. The Balaban J connectivity index is 2.91. The lowest BCUT2D eigenvalue weighted by atomic mass is 9.92. The molecule has 1 aromatic carbocycles. The number of hydrogen-bond acceptors (Lipinski definition) is 3. The molecule has 0 fully saturated rings. The Morgan fingerprint density at radius 1 is 1.53 bits per heavy atom. The number of halogens is 1. The van der Waals surface area contributed by atoms with Crippen molar-refractivity contribution in [3.8, 4) is 6.07 Å². The molecule has 0 atom stereocenters. The molecule has 2 N–H and O–H groups in total. The van der Waals surface area contributed by atoms with Crippen LogP contribution in [0.1, 0.15) is 25.0 Å². The zero-order valence-electron chi connectivity index (χ0n) is 11.4. The van der Waals surface area contributed by atoms with Crippen LogP contribution in [0.4, 0.5) is 4.39 Å². The second-order valence-electron chi connectivity index (χ2n) is 5.17. The molecule has 102 valence electrons. The molecule has 0 aliphatic carbocycles. The number of rotatable bonds is 4. The predicted molar refractivity (Wildman–Crippen MR) is 70.4 cm³/mol. The lowest BCUT2D eigenvalue weighted by Crippen LogP contribution is -2.42. The predicted octanol–water partition coefficient (Wildman–Crippen LogP) is 1.64. The number of amides is 1. The first-order valence-corrected chi connectivity index (χ1v) is 5.96. The van der Waals surface area contributed by atoms with Crippen LogP contribution in [0.5, 0.6) is 0 Å². The van der Waals surface area contributed by atoms with Gasteiger partial charge in [0.15, 0.2) is 0 Å². The van der Waals surface area contributed by atoms with Crippen LogP contribution in [0.3, 0.4) is 0 Å². The standard InChI is InChI=1S/C14H18FN3O/c1-14(2,9-17)13(19)18(3)8-11-6-10(7-16)4-5-12(11)15/h4-6H,8-9,17H2,1-3H3. The van der Waals surface area contributed by atoms with Gasteiger partial charge in [0.25, 0.3) is 0 Å². The van der Waals surface area contributed by atoms with E-state index >= 15 is 0 Å². The number of carbonyl (C=O) groups excluding carboxylic acids is 1. The first-order valence-electron chi connectivity index (χ1n) is 5.96. The quantitative estimate of drug-likeness (QED) is 0.897. The van der Waals surface area contributed by atoms with Crippen molar-refractivity contribution in [1.29, 1.82) is 5.26 Å². The summed E-state index contributed by atoms with van der Waals surface area (Å²) in [6, 6.07) is 6.04. The molecule has 0 bridgehead atoms. The summed E-state index contributed by atoms with van der Waals surface area (Å²) in [5.41, 5.74) is 5.56. The van der Waals surface area contributed by atoms with Crippen molar-refractivity contribution >= 4 is 5.91 Å². The summed E-state index contributed by atoms with van der Waals surface area (Å²) < 4.78 is 13.6. The SMILES string of the molecule is CN(Cc1cc(C#N)ccc1F)C(=O)C(C)(C)CN. The third-order valence-corrected chi connectivity index (χ3v) is 3.02. The highest BCUT2D eigenvalue weighted by atomic mass is 19.1. The van der Waals surface area contributed by atoms with Crippen molar-refractivity contribution in [3.05, 3.63) is 35.1 Å². The molecule has 1 amide bonds. The lowest BCUT2D eigenvalue weighted by molar-refractivity contribution is -0.139. The van der Waals surface area contributed by atoms with Crippen molar-refractivity contribution in [2.75, 3.05) is 13.6 Å². The molecule has 4 nitrogen and oxygen atoms in total. The normalized spacial score (nSPS) is 10.9. The summed E-state index contributed by atoms with van der Waals surface area (Å²) in [7, 11) is 1.60. The Hall–Kier alpha value is -1.93. The molecule has 0 aromatic heterocycles. The topological polar surface area (TPSA) is 70.1 Å². The van der Waals surface area contributed by atoms with Gasteiger partial charge in [0.05, 0.1) is 17.0 Å². The zero-order valence-corrected chi connectivity index (χ0v) is 11.4. The number of nitrogens with zero attached hydrogens (tertiary/aromatic N) is 2. The highest BCUT2D eigenvalue weighted by Gasteiger charge is 2.29. The molecule has 0 unspecified atom stereocenters. The Morgan fingerprint density at radius 3 is 2.68 bits per heavy atom. The average molecular weight is 263 g/mol. The van der Waals surface area contributed by atoms with Crippen LogP contribution < -0.4 is 5.73 Å². The summed E-state index contributed by atoms with van der Waals surface area (Å²) in [6.45, 7) is 3.82. The number of nitrogens with two attached hydrogens (primary N) is 1. The van der Waals surface area contributed by atoms with Crippen LogP contribution in [-0.2, 0) is 11.3 Å². The van der Waals surface area contributed by atoms with Gasteiger partial charge >= 0.3 is 0 Å². The van der Waals surface area contributed by atoms with E-state index in [1.165, 1.54) is 23.1 Å². The Kier molecular flexibility index (Phi) is 4.62. The maximum Gasteiger partial charge on any atom is 0.229 e. The number of carbonyl (C=O) groups is 1. The molecule has 0 spiro atoms. The molecular weight excluding hydrogens is 245 g/mol. The van der Waals surface area contributed by atoms with Crippen LogP contribution in [0.25, 0.3) is 0 Å². The third kappa shape index (κ3) is 3.52. The smallest absolute Gasteiger partial charge is 0.229 e.